The van der Waals surface area contributed by atoms with Gasteiger partial charge in [-0.15, -0.1) is 0 Å². The van der Waals surface area contributed by atoms with E-state index in [1.807, 2.05) is 6.20 Å². The summed E-state index contributed by atoms with van der Waals surface area (Å²) in [6.07, 6.45) is 9.14. The average Bonchev–Trinajstić information content (AvgIpc) is 2.75. The van der Waals surface area contributed by atoms with Crippen molar-refractivity contribution in [2.45, 2.75) is 45.1 Å². The Morgan fingerprint density at radius 1 is 1.60 bits per heavy atom. The fourth-order valence-corrected chi connectivity index (χ4v) is 2.27. The lowest BCUT2D eigenvalue weighted by Crippen LogP contribution is -2.30. The van der Waals surface area contributed by atoms with Gasteiger partial charge in [0.1, 0.15) is 5.82 Å². The second-order valence-corrected chi connectivity index (χ2v) is 4.38. The second-order valence-electron chi connectivity index (χ2n) is 4.38. The summed E-state index contributed by atoms with van der Waals surface area (Å²) >= 11 is 0. The lowest BCUT2D eigenvalue weighted by atomic mass is 9.99. The van der Waals surface area contributed by atoms with Crippen LogP contribution < -0.4 is 5.32 Å². The monoisotopic (exact) mass is 207 g/mol. The highest BCUT2D eigenvalue weighted by Crippen LogP contribution is 2.21. The third kappa shape index (κ3) is 2.59. The molecule has 0 saturated carbocycles. The summed E-state index contributed by atoms with van der Waals surface area (Å²) in [5, 5.41) is 3.45. The van der Waals surface area contributed by atoms with Crippen LogP contribution >= 0.6 is 0 Å². The van der Waals surface area contributed by atoms with E-state index in [4.69, 9.17) is 0 Å². The maximum Gasteiger partial charge on any atom is 0.113 e. The van der Waals surface area contributed by atoms with Crippen molar-refractivity contribution < 1.29 is 0 Å². The number of unbranched alkanes of at least 4 members (excludes halogenated alkanes) is 1. The molecule has 0 radical (unpaired) electrons. The molecular formula is C12H21N3. The van der Waals surface area contributed by atoms with Gasteiger partial charge in [-0.25, -0.2) is 4.98 Å². The van der Waals surface area contributed by atoms with Crippen molar-refractivity contribution in [3.63, 3.8) is 0 Å². The molecule has 1 unspecified atom stereocenters. The number of rotatable bonds is 4. The average molecular weight is 207 g/mol. The van der Waals surface area contributed by atoms with Gasteiger partial charge in [0.05, 0.1) is 0 Å². The van der Waals surface area contributed by atoms with Gasteiger partial charge in [-0.2, -0.15) is 0 Å². The lowest BCUT2D eigenvalue weighted by molar-refractivity contribution is 0.429. The van der Waals surface area contributed by atoms with Crippen LogP contribution in [0.4, 0.5) is 0 Å². The topological polar surface area (TPSA) is 29.9 Å². The summed E-state index contributed by atoms with van der Waals surface area (Å²) in [7, 11) is 0. The van der Waals surface area contributed by atoms with Gasteiger partial charge in [0, 0.05) is 31.4 Å². The van der Waals surface area contributed by atoms with Gasteiger partial charge >= 0.3 is 0 Å². The SMILES string of the molecule is CCCCn1ccnc1C1CCCNC1. The Balaban J connectivity index is 2.02. The predicted molar refractivity (Wildman–Crippen MR) is 62.0 cm³/mol. The molecule has 1 aliphatic rings. The van der Waals surface area contributed by atoms with Crippen LogP contribution in [0.5, 0.6) is 0 Å². The molecule has 15 heavy (non-hydrogen) atoms. The van der Waals surface area contributed by atoms with Crippen molar-refractivity contribution in [2.75, 3.05) is 13.1 Å². The maximum atomic E-state index is 4.52. The normalized spacial score (nSPS) is 21.8. The predicted octanol–water partition coefficient (Wildman–Crippen LogP) is 2.15. The van der Waals surface area contributed by atoms with E-state index >= 15 is 0 Å². The van der Waals surface area contributed by atoms with Crippen LogP contribution in [0.2, 0.25) is 0 Å². The number of hydrogen-bond donors (Lipinski definition) is 1. The van der Waals surface area contributed by atoms with E-state index in [1.165, 1.54) is 38.1 Å². The highest BCUT2D eigenvalue weighted by Gasteiger charge is 2.19. The minimum atomic E-state index is 0.630. The molecule has 2 heterocycles. The van der Waals surface area contributed by atoms with Crippen molar-refractivity contribution in [2.24, 2.45) is 0 Å². The minimum Gasteiger partial charge on any atom is -0.335 e. The van der Waals surface area contributed by atoms with Crippen LogP contribution in [0.3, 0.4) is 0 Å². The summed E-state index contributed by atoms with van der Waals surface area (Å²) in [5.74, 6) is 1.92. The Bertz CT molecular complexity index is 287. The summed E-state index contributed by atoms with van der Waals surface area (Å²) in [4.78, 5) is 4.52. The van der Waals surface area contributed by atoms with Crippen LogP contribution in [0.15, 0.2) is 12.4 Å². The lowest BCUT2D eigenvalue weighted by Gasteiger charge is -2.23. The van der Waals surface area contributed by atoms with E-state index in [2.05, 4.69) is 28.0 Å². The van der Waals surface area contributed by atoms with Gasteiger partial charge in [0.2, 0.25) is 0 Å². The zero-order chi connectivity index (χ0) is 10.5. The van der Waals surface area contributed by atoms with Gasteiger partial charge in [0.25, 0.3) is 0 Å². The summed E-state index contributed by atoms with van der Waals surface area (Å²) in [5.41, 5.74) is 0. The smallest absolute Gasteiger partial charge is 0.113 e. The van der Waals surface area contributed by atoms with Crippen molar-refractivity contribution in [1.29, 1.82) is 0 Å². The maximum absolute atomic E-state index is 4.52. The first-order chi connectivity index (χ1) is 7.42. The van der Waals surface area contributed by atoms with Crippen LogP contribution in [0.1, 0.15) is 44.3 Å². The molecule has 1 atom stereocenters. The fourth-order valence-electron chi connectivity index (χ4n) is 2.27. The molecule has 1 aromatic rings. The molecule has 0 bridgehead atoms. The van der Waals surface area contributed by atoms with Gasteiger partial charge in [-0.3, -0.25) is 0 Å². The van der Waals surface area contributed by atoms with Gasteiger partial charge in [-0.1, -0.05) is 13.3 Å². The zero-order valence-corrected chi connectivity index (χ0v) is 9.58. The van der Waals surface area contributed by atoms with E-state index in [1.54, 1.807) is 0 Å². The fraction of sp³-hybridized carbons (Fsp3) is 0.750. The molecule has 0 aliphatic carbocycles. The molecule has 0 aromatic carbocycles. The standard InChI is InChI=1S/C12H21N3/c1-2-3-8-15-9-7-14-12(15)11-5-4-6-13-10-11/h7,9,11,13H,2-6,8,10H2,1H3. The molecule has 1 aliphatic heterocycles. The molecular weight excluding hydrogens is 186 g/mol. The molecule has 1 saturated heterocycles. The van der Waals surface area contributed by atoms with Gasteiger partial charge in [0.15, 0.2) is 0 Å². The van der Waals surface area contributed by atoms with Crippen LogP contribution in [-0.4, -0.2) is 22.6 Å². The molecule has 0 spiro atoms. The van der Waals surface area contributed by atoms with Crippen LogP contribution in [0, 0.1) is 0 Å². The van der Waals surface area contributed by atoms with Gasteiger partial charge < -0.3 is 9.88 Å². The zero-order valence-electron chi connectivity index (χ0n) is 9.58. The van der Waals surface area contributed by atoms with E-state index in [0.29, 0.717) is 5.92 Å². The number of piperidine rings is 1. The molecule has 84 valence electrons. The van der Waals surface area contributed by atoms with Crippen LogP contribution in [-0.2, 0) is 6.54 Å². The Morgan fingerprint density at radius 3 is 3.27 bits per heavy atom. The molecule has 2 rings (SSSR count). The number of hydrogen-bond acceptors (Lipinski definition) is 2. The highest BCUT2D eigenvalue weighted by molar-refractivity contribution is 5.02. The molecule has 3 heteroatoms. The molecule has 1 fully saturated rings. The number of aryl methyl sites for hydroxylation is 1. The third-order valence-electron chi connectivity index (χ3n) is 3.16. The second kappa shape index (κ2) is 5.31. The first kappa shape index (κ1) is 10.7. The Morgan fingerprint density at radius 2 is 2.53 bits per heavy atom. The van der Waals surface area contributed by atoms with E-state index < -0.39 is 0 Å². The van der Waals surface area contributed by atoms with Crippen molar-refractivity contribution in [3.05, 3.63) is 18.2 Å². The summed E-state index contributed by atoms with van der Waals surface area (Å²) in [6, 6.07) is 0. The summed E-state index contributed by atoms with van der Waals surface area (Å²) < 4.78 is 2.33. The Hall–Kier alpha value is -0.830. The quantitative estimate of drug-likeness (QED) is 0.820. The molecule has 0 amide bonds. The first-order valence-electron chi connectivity index (χ1n) is 6.13. The van der Waals surface area contributed by atoms with Crippen molar-refractivity contribution in [1.82, 2.24) is 14.9 Å². The van der Waals surface area contributed by atoms with Gasteiger partial charge in [-0.05, 0) is 25.8 Å². The Labute approximate surface area is 91.9 Å². The number of nitrogens with zero attached hydrogens (tertiary/aromatic N) is 2. The minimum absolute atomic E-state index is 0.630. The first-order valence-corrected chi connectivity index (χ1v) is 6.13. The Kier molecular flexibility index (Phi) is 3.78. The highest BCUT2D eigenvalue weighted by atomic mass is 15.1. The molecule has 1 aromatic heterocycles. The number of aromatic nitrogens is 2. The van der Waals surface area contributed by atoms with E-state index in [-0.39, 0.29) is 0 Å². The van der Waals surface area contributed by atoms with Crippen molar-refractivity contribution >= 4 is 0 Å². The van der Waals surface area contributed by atoms with E-state index in [9.17, 15) is 0 Å². The third-order valence-corrected chi connectivity index (χ3v) is 3.16. The molecule has 3 nitrogen and oxygen atoms in total. The molecule has 1 N–H and O–H groups in total. The largest absolute Gasteiger partial charge is 0.335 e. The summed E-state index contributed by atoms with van der Waals surface area (Å²) in [6.45, 7) is 5.64. The van der Waals surface area contributed by atoms with Crippen LogP contribution in [0.25, 0.3) is 0 Å². The number of imidazole rings is 1. The van der Waals surface area contributed by atoms with E-state index in [0.717, 1.165) is 13.1 Å². The number of nitrogens with one attached hydrogen (secondary N) is 1. The van der Waals surface area contributed by atoms with Crippen molar-refractivity contribution in [3.8, 4) is 0 Å².